The molecule has 0 fully saturated rings. The van der Waals surface area contributed by atoms with E-state index < -0.39 is 6.09 Å². The molecule has 3 aromatic rings. The smallest absolute Gasteiger partial charge is 0.414 e. The fraction of sp³-hybridized carbons (Fsp3) is 0.318. The van der Waals surface area contributed by atoms with Crippen molar-refractivity contribution in [3.05, 3.63) is 56.3 Å². The summed E-state index contributed by atoms with van der Waals surface area (Å²) in [7, 11) is 2.99. The lowest BCUT2D eigenvalue weighted by Gasteiger charge is -2.16. The van der Waals surface area contributed by atoms with Gasteiger partial charge in [0.1, 0.15) is 0 Å². The van der Waals surface area contributed by atoms with E-state index in [0.717, 1.165) is 22.9 Å². The molecule has 1 unspecified atom stereocenters. The Morgan fingerprint density at radius 1 is 1.23 bits per heavy atom. The van der Waals surface area contributed by atoms with E-state index in [1.54, 1.807) is 19.1 Å². The Hall–Kier alpha value is -3.07. The van der Waals surface area contributed by atoms with Crippen LogP contribution >= 0.6 is 15.9 Å². The highest BCUT2D eigenvalue weighted by molar-refractivity contribution is 9.10. The number of amides is 1. The molecule has 4 rings (SSSR count). The Balaban J connectivity index is 1.68. The van der Waals surface area contributed by atoms with Gasteiger partial charge in [0.2, 0.25) is 5.88 Å². The molecule has 9 heteroatoms. The van der Waals surface area contributed by atoms with Crippen molar-refractivity contribution in [2.24, 2.45) is 0 Å². The summed E-state index contributed by atoms with van der Waals surface area (Å²) in [5.74, 6) is 0.845. The van der Waals surface area contributed by atoms with Gasteiger partial charge in [-0.05, 0) is 49.1 Å². The Morgan fingerprint density at radius 2 is 1.94 bits per heavy atom. The third-order valence-electron chi connectivity index (χ3n) is 5.43. The van der Waals surface area contributed by atoms with Crippen molar-refractivity contribution in [3.8, 4) is 17.4 Å². The van der Waals surface area contributed by atoms with E-state index in [9.17, 15) is 9.59 Å². The van der Waals surface area contributed by atoms with Gasteiger partial charge >= 0.3 is 6.09 Å². The highest BCUT2D eigenvalue weighted by Gasteiger charge is 2.27. The quantitative estimate of drug-likeness (QED) is 0.585. The molecule has 1 heterocycles. The second-order valence-electron chi connectivity index (χ2n) is 7.11. The summed E-state index contributed by atoms with van der Waals surface area (Å²) in [6.07, 6.45) is 1.00. The highest BCUT2D eigenvalue weighted by Crippen LogP contribution is 2.36. The SMILES string of the molecule is CCn1nc(OC(=O)NC2CCc3c(Br)cccc32)c2cc(OC)c(OC)cc2c1=O. The Kier molecular flexibility index (Phi) is 5.86. The molecular formula is C22H22BrN3O5. The van der Waals surface area contributed by atoms with Gasteiger partial charge in [0.25, 0.3) is 5.56 Å². The largest absolute Gasteiger partial charge is 0.493 e. The number of ether oxygens (including phenoxy) is 3. The lowest BCUT2D eigenvalue weighted by atomic mass is 10.1. The zero-order chi connectivity index (χ0) is 22.1. The number of nitrogens with zero attached hydrogens (tertiary/aromatic N) is 2. The first-order valence-electron chi connectivity index (χ1n) is 9.89. The number of fused-ring (bicyclic) bond motifs is 2. The van der Waals surface area contributed by atoms with E-state index in [-0.39, 0.29) is 17.5 Å². The van der Waals surface area contributed by atoms with E-state index in [1.165, 1.54) is 24.5 Å². The molecule has 1 N–H and O–H groups in total. The maximum absolute atomic E-state index is 12.8. The van der Waals surface area contributed by atoms with Crippen LogP contribution in [0.4, 0.5) is 4.79 Å². The second kappa shape index (κ2) is 8.58. The molecule has 0 saturated carbocycles. The number of methoxy groups -OCH3 is 2. The first-order valence-corrected chi connectivity index (χ1v) is 10.7. The summed E-state index contributed by atoms with van der Waals surface area (Å²) in [5.41, 5.74) is 1.95. The molecule has 162 valence electrons. The third-order valence-corrected chi connectivity index (χ3v) is 6.17. The number of carbonyl (C=O) groups is 1. The number of benzene rings is 2. The zero-order valence-corrected chi connectivity index (χ0v) is 19.0. The van der Waals surface area contributed by atoms with Gasteiger partial charge in [-0.3, -0.25) is 4.79 Å². The maximum atomic E-state index is 12.8. The van der Waals surface area contributed by atoms with Crippen molar-refractivity contribution in [1.82, 2.24) is 15.1 Å². The van der Waals surface area contributed by atoms with Gasteiger partial charge in [-0.15, -0.1) is 5.10 Å². The van der Waals surface area contributed by atoms with Crippen LogP contribution in [0.15, 0.2) is 39.6 Å². The predicted molar refractivity (Wildman–Crippen MR) is 119 cm³/mol. The fourth-order valence-electron chi connectivity index (χ4n) is 3.89. The van der Waals surface area contributed by atoms with E-state index in [0.29, 0.717) is 28.8 Å². The molecule has 0 bridgehead atoms. The van der Waals surface area contributed by atoms with Crippen LogP contribution < -0.4 is 25.1 Å². The maximum Gasteiger partial charge on any atom is 0.414 e. The van der Waals surface area contributed by atoms with E-state index in [4.69, 9.17) is 14.2 Å². The van der Waals surface area contributed by atoms with Crippen LogP contribution in [0.2, 0.25) is 0 Å². The van der Waals surface area contributed by atoms with E-state index in [2.05, 4.69) is 26.3 Å². The summed E-state index contributed by atoms with van der Waals surface area (Å²) in [5, 5.41) is 7.85. The van der Waals surface area contributed by atoms with Gasteiger partial charge in [-0.25, -0.2) is 9.48 Å². The van der Waals surface area contributed by atoms with Gasteiger partial charge in [-0.2, -0.15) is 0 Å². The topological polar surface area (TPSA) is 91.7 Å². The average Bonchev–Trinajstić information content (AvgIpc) is 3.18. The molecule has 0 spiro atoms. The number of hydrogen-bond acceptors (Lipinski definition) is 6. The number of nitrogens with one attached hydrogen (secondary N) is 1. The van der Waals surface area contributed by atoms with Crippen molar-refractivity contribution in [2.45, 2.75) is 32.4 Å². The molecule has 31 heavy (non-hydrogen) atoms. The van der Waals surface area contributed by atoms with Gasteiger partial charge in [0.05, 0.1) is 31.0 Å². The molecule has 1 aromatic heterocycles. The Labute approximate surface area is 187 Å². The summed E-state index contributed by atoms with van der Waals surface area (Å²) in [6, 6.07) is 8.94. The minimum absolute atomic E-state index is 0.0300. The first-order chi connectivity index (χ1) is 15.0. The van der Waals surface area contributed by atoms with E-state index >= 15 is 0 Å². The lowest BCUT2D eigenvalue weighted by Crippen LogP contribution is -2.31. The predicted octanol–water partition coefficient (Wildman–Crippen LogP) is 3.97. The molecule has 1 amide bonds. The average molecular weight is 488 g/mol. The van der Waals surface area contributed by atoms with Gasteiger partial charge in [0, 0.05) is 11.0 Å². The molecule has 0 saturated heterocycles. The first kappa shape index (κ1) is 21.2. The van der Waals surface area contributed by atoms with Crippen LogP contribution in [0.3, 0.4) is 0 Å². The molecule has 1 aliphatic carbocycles. The zero-order valence-electron chi connectivity index (χ0n) is 17.4. The molecule has 2 aromatic carbocycles. The third kappa shape index (κ3) is 3.85. The molecule has 0 aliphatic heterocycles. The molecule has 1 aliphatic rings. The number of halogens is 1. The van der Waals surface area contributed by atoms with Crippen LogP contribution in [0.5, 0.6) is 17.4 Å². The van der Waals surface area contributed by atoms with Crippen molar-refractivity contribution < 1.29 is 19.0 Å². The van der Waals surface area contributed by atoms with Crippen LogP contribution in [0.25, 0.3) is 10.8 Å². The van der Waals surface area contributed by atoms with Crippen LogP contribution in [-0.4, -0.2) is 30.1 Å². The molecular weight excluding hydrogens is 466 g/mol. The van der Waals surface area contributed by atoms with Crippen LogP contribution in [-0.2, 0) is 13.0 Å². The monoisotopic (exact) mass is 487 g/mol. The van der Waals surface area contributed by atoms with E-state index in [1.807, 2.05) is 18.2 Å². The molecule has 0 radical (unpaired) electrons. The van der Waals surface area contributed by atoms with Crippen molar-refractivity contribution in [2.75, 3.05) is 14.2 Å². The minimum atomic E-state index is -0.636. The number of aryl methyl sites for hydroxylation is 1. The standard InChI is InChI=1S/C22H22BrN3O5/c1-4-26-21(27)15-11-19(30-3)18(29-2)10-14(15)20(25-26)31-22(28)24-17-9-8-12-13(17)6-5-7-16(12)23/h5-7,10-11,17H,4,8-9H2,1-3H3,(H,24,28). The van der Waals surface area contributed by atoms with Gasteiger partial charge in [0.15, 0.2) is 11.5 Å². The number of hydrogen-bond donors (Lipinski definition) is 1. The molecule has 8 nitrogen and oxygen atoms in total. The van der Waals surface area contributed by atoms with Crippen LogP contribution in [0, 0.1) is 0 Å². The highest BCUT2D eigenvalue weighted by atomic mass is 79.9. The second-order valence-corrected chi connectivity index (χ2v) is 7.97. The number of rotatable bonds is 5. The van der Waals surface area contributed by atoms with Crippen molar-refractivity contribution in [3.63, 3.8) is 0 Å². The Morgan fingerprint density at radius 3 is 2.61 bits per heavy atom. The van der Waals surface area contributed by atoms with Gasteiger partial charge < -0.3 is 19.5 Å². The number of carbonyl (C=O) groups excluding carboxylic acids is 1. The minimum Gasteiger partial charge on any atom is -0.493 e. The van der Waals surface area contributed by atoms with Crippen molar-refractivity contribution in [1.29, 1.82) is 0 Å². The lowest BCUT2D eigenvalue weighted by molar-refractivity contribution is 0.193. The summed E-state index contributed by atoms with van der Waals surface area (Å²) < 4.78 is 18.5. The summed E-state index contributed by atoms with van der Waals surface area (Å²) in [6.45, 7) is 2.11. The number of aromatic nitrogens is 2. The van der Waals surface area contributed by atoms with Crippen molar-refractivity contribution >= 4 is 32.8 Å². The van der Waals surface area contributed by atoms with Crippen LogP contribution in [0.1, 0.15) is 30.5 Å². The fourth-order valence-corrected chi connectivity index (χ4v) is 4.47. The normalized spacial score (nSPS) is 14.9. The molecule has 1 atom stereocenters. The summed E-state index contributed by atoms with van der Waals surface area (Å²) >= 11 is 3.56. The Bertz CT molecular complexity index is 1220. The van der Waals surface area contributed by atoms with Gasteiger partial charge in [-0.1, -0.05) is 28.1 Å². The summed E-state index contributed by atoms with van der Waals surface area (Å²) in [4.78, 5) is 25.5.